The third-order valence-corrected chi connectivity index (χ3v) is 6.32. The van der Waals surface area contributed by atoms with Gasteiger partial charge in [0.05, 0.1) is 0 Å². The summed E-state index contributed by atoms with van der Waals surface area (Å²) in [5.41, 5.74) is 2.65. The number of aryl methyl sites for hydroxylation is 1. The van der Waals surface area contributed by atoms with Gasteiger partial charge in [-0.1, -0.05) is 96.3 Å². The van der Waals surface area contributed by atoms with Crippen molar-refractivity contribution in [2.75, 3.05) is 49.1 Å². The molecule has 0 aliphatic carbocycles. The first-order valence-corrected chi connectivity index (χ1v) is 16.7. The second kappa shape index (κ2) is 18.4. The van der Waals surface area contributed by atoms with Gasteiger partial charge in [-0.3, -0.25) is 4.79 Å². The van der Waals surface area contributed by atoms with Crippen molar-refractivity contribution in [3.05, 3.63) is 59.2 Å². The van der Waals surface area contributed by atoms with E-state index in [1.54, 1.807) is 0 Å². The van der Waals surface area contributed by atoms with Gasteiger partial charge in [0, 0.05) is 11.1 Å². The molecule has 3 rings (SSSR count). The molecule has 2 aromatic carbocycles. The van der Waals surface area contributed by atoms with Crippen molar-refractivity contribution in [3.63, 3.8) is 0 Å². The Labute approximate surface area is 239 Å². The molecule has 1 heterocycles. The first-order chi connectivity index (χ1) is 17.1. The Hall–Kier alpha value is -0.910. The van der Waals surface area contributed by atoms with Gasteiger partial charge in [0.15, 0.2) is 0 Å². The maximum Gasteiger partial charge on any atom is 0.315 e. The number of carbonyl (C=O) groups is 1. The summed E-state index contributed by atoms with van der Waals surface area (Å²) in [5.74, 6) is -0.191. The average molecular weight is 708 g/mol. The van der Waals surface area contributed by atoms with Gasteiger partial charge in [-0.15, -0.1) is 0 Å². The topological polar surface area (TPSA) is 53.0 Å². The molecule has 1 N–H and O–H groups in total. The number of carboxylic acids is 1. The SMILES string of the molecule is CCN(CC)CCCN(CC)CCCc1ccc2c(c1)Oc1ccccc1C2C(=O)O.CI.CI. The van der Waals surface area contributed by atoms with Crippen LogP contribution < -0.4 is 4.74 Å². The minimum absolute atomic E-state index is 0.643. The van der Waals surface area contributed by atoms with Crippen molar-refractivity contribution in [2.24, 2.45) is 0 Å². The lowest BCUT2D eigenvalue weighted by Gasteiger charge is -2.26. The van der Waals surface area contributed by atoms with Crippen LogP contribution in [0.25, 0.3) is 0 Å². The molecule has 1 atom stereocenters. The molecular formula is C28H42I2N2O3. The number of aliphatic carboxylic acids is 1. The van der Waals surface area contributed by atoms with E-state index >= 15 is 0 Å². The maximum absolute atomic E-state index is 11.9. The number of para-hydroxylation sites is 1. The summed E-state index contributed by atoms with van der Waals surface area (Å²) >= 11 is 4.30. The van der Waals surface area contributed by atoms with Crippen LogP contribution in [0.15, 0.2) is 42.5 Å². The second-order valence-corrected chi connectivity index (χ2v) is 8.20. The predicted octanol–water partition coefficient (Wildman–Crippen LogP) is 7.10. The summed E-state index contributed by atoms with van der Waals surface area (Å²) in [6, 6.07) is 13.4. The zero-order chi connectivity index (χ0) is 26.2. The lowest BCUT2D eigenvalue weighted by molar-refractivity contribution is -0.137. The molecule has 0 radical (unpaired) electrons. The number of halogens is 2. The Morgan fingerprint density at radius 2 is 1.40 bits per heavy atom. The predicted molar refractivity (Wildman–Crippen MR) is 165 cm³/mol. The fraction of sp³-hybridized carbons (Fsp3) is 0.536. The normalized spacial score (nSPS) is 13.6. The van der Waals surface area contributed by atoms with E-state index in [2.05, 4.69) is 81.8 Å². The minimum atomic E-state index is -0.840. The monoisotopic (exact) mass is 708 g/mol. The number of alkyl halides is 2. The molecule has 0 aromatic heterocycles. The summed E-state index contributed by atoms with van der Waals surface area (Å²) in [7, 11) is 0. The Balaban J connectivity index is 0.00000145. The fourth-order valence-electron chi connectivity index (χ4n) is 4.42. The molecule has 196 valence electrons. The molecule has 2 aromatic rings. The third-order valence-electron chi connectivity index (χ3n) is 6.32. The quantitative estimate of drug-likeness (QED) is 0.189. The molecule has 35 heavy (non-hydrogen) atoms. The lowest BCUT2D eigenvalue weighted by Crippen LogP contribution is -2.30. The number of ether oxygens (including phenoxy) is 1. The number of rotatable bonds is 12. The van der Waals surface area contributed by atoms with Gasteiger partial charge in [0.2, 0.25) is 0 Å². The van der Waals surface area contributed by atoms with Crippen LogP contribution in [0.4, 0.5) is 0 Å². The smallest absolute Gasteiger partial charge is 0.315 e. The molecular weight excluding hydrogens is 666 g/mol. The molecule has 0 bridgehead atoms. The van der Waals surface area contributed by atoms with Crippen LogP contribution in [0.2, 0.25) is 0 Å². The first kappa shape index (κ1) is 32.1. The molecule has 0 saturated carbocycles. The van der Waals surface area contributed by atoms with Crippen molar-refractivity contribution in [2.45, 2.75) is 46.0 Å². The van der Waals surface area contributed by atoms with Crippen LogP contribution in [0, 0.1) is 0 Å². The highest BCUT2D eigenvalue weighted by Gasteiger charge is 2.32. The Morgan fingerprint density at radius 1 is 0.829 bits per heavy atom. The lowest BCUT2D eigenvalue weighted by atomic mass is 9.87. The van der Waals surface area contributed by atoms with Crippen LogP contribution in [0.5, 0.6) is 11.5 Å². The number of nitrogens with zero attached hydrogens (tertiary/aromatic N) is 2. The standard InChI is InChI=1S/C26H36N2O3.2CH3I/c1-4-27(5-2)17-10-18-28(6-3)16-9-11-20-14-15-22-24(19-20)31-23-13-8-7-12-21(23)25(22)26(29)30;2*1-2/h7-8,12-15,19,25H,4-6,9-11,16-18H2,1-3H3,(H,29,30);2*1H3. The van der Waals surface area contributed by atoms with Gasteiger partial charge in [-0.05, 0) is 86.1 Å². The number of carboxylic acid groups (broad SMARTS) is 1. The van der Waals surface area contributed by atoms with E-state index in [4.69, 9.17) is 4.74 Å². The molecule has 0 spiro atoms. The first-order valence-electron chi connectivity index (χ1n) is 12.4. The van der Waals surface area contributed by atoms with Crippen LogP contribution in [-0.2, 0) is 11.2 Å². The van der Waals surface area contributed by atoms with Crippen LogP contribution >= 0.6 is 45.2 Å². The zero-order valence-electron chi connectivity index (χ0n) is 21.9. The highest BCUT2D eigenvalue weighted by molar-refractivity contribution is 14.1. The van der Waals surface area contributed by atoms with Gasteiger partial charge in [0.25, 0.3) is 0 Å². The van der Waals surface area contributed by atoms with E-state index in [1.807, 2.05) is 46.3 Å². The van der Waals surface area contributed by atoms with E-state index < -0.39 is 11.9 Å². The average Bonchev–Trinajstić information content (AvgIpc) is 2.90. The van der Waals surface area contributed by atoms with Crippen molar-refractivity contribution in [3.8, 4) is 11.5 Å². The molecule has 5 nitrogen and oxygen atoms in total. The molecule has 7 heteroatoms. The van der Waals surface area contributed by atoms with Crippen molar-refractivity contribution < 1.29 is 14.6 Å². The molecule has 1 aliphatic heterocycles. The van der Waals surface area contributed by atoms with Gasteiger partial charge in [-0.25, -0.2) is 0 Å². The molecule has 0 fully saturated rings. The third kappa shape index (κ3) is 9.81. The molecule has 0 saturated heterocycles. The minimum Gasteiger partial charge on any atom is -0.481 e. The van der Waals surface area contributed by atoms with Gasteiger partial charge >= 0.3 is 5.97 Å². The highest BCUT2D eigenvalue weighted by atomic mass is 127. The van der Waals surface area contributed by atoms with Gasteiger partial charge in [0.1, 0.15) is 17.4 Å². The summed E-state index contributed by atoms with van der Waals surface area (Å²) in [6.07, 6.45) is 3.25. The summed E-state index contributed by atoms with van der Waals surface area (Å²) in [6.45, 7) is 13.4. The molecule has 0 amide bonds. The van der Waals surface area contributed by atoms with Crippen molar-refractivity contribution in [1.29, 1.82) is 0 Å². The van der Waals surface area contributed by atoms with Crippen LogP contribution in [0.1, 0.15) is 56.2 Å². The summed E-state index contributed by atoms with van der Waals surface area (Å²) < 4.78 is 6.07. The Bertz CT molecular complexity index is 875. The molecule has 1 aliphatic rings. The number of benzene rings is 2. The zero-order valence-corrected chi connectivity index (χ0v) is 26.2. The Kier molecular flexibility index (Phi) is 16.8. The second-order valence-electron chi connectivity index (χ2n) is 8.20. The van der Waals surface area contributed by atoms with Crippen molar-refractivity contribution >= 4 is 51.2 Å². The van der Waals surface area contributed by atoms with E-state index in [1.165, 1.54) is 12.0 Å². The number of hydrogen-bond acceptors (Lipinski definition) is 4. The van der Waals surface area contributed by atoms with Gasteiger partial charge < -0.3 is 19.6 Å². The van der Waals surface area contributed by atoms with E-state index in [0.29, 0.717) is 11.5 Å². The van der Waals surface area contributed by atoms with Crippen LogP contribution in [-0.4, -0.2) is 70.0 Å². The Morgan fingerprint density at radius 3 is 2.03 bits per heavy atom. The van der Waals surface area contributed by atoms with Crippen LogP contribution in [0.3, 0.4) is 0 Å². The molecule has 1 unspecified atom stereocenters. The summed E-state index contributed by atoms with van der Waals surface area (Å²) in [4.78, 5) is 20.9. The highest BCUT2D eigenvalue weighted by Crippen LogP contribution is 2.44. The van der Waals surface area contributed by atoms with E-state index in [0.717, 1.165) is 63.2 Å². The number of fused-ring (bicyclic) bond motifs is 2. The number of hydrogen-bond donors (Lipinski definition) is 1. The van der Waals surface area contributed by atoms with Crippen molar-refractivity contribution in [1.82, 2.24) is 9.80 Å². The fourth-order valence-corrected chi connectivity index (χ4v) is 4.42. The van der Waals surface area contributed by atoms with Gasteiger partial charge in [-0.2, -0.15) is 0 Å². The summed E-state index contributed by atoms with van der Waals surface area (Å²) in [5, 5.41) is 9.80. The largest absolute Gasteiger partial charge is 0.481 e. The van der Waals surface area contributed by atoms with E-state index in [-0.39, 0.29) is 0 Å². The maximum atomic E-state index is 11.9. The van der Waals surface area contributed by atoms with E-state index in [9.17, 15) is 9.90 Å².